The lowest BCUT2D eigenvalue weighted by atomic mass is 10.1. The highest BCUT2D eigenvalue weighted by Gasteiger charge is 2.12. The minimum atomic E-state index is -0.759. The first-order valence-electron chi connectivity index (χ1n) is 6.44. The molecule has 1 amide bonds. The summed E-state index contributed by atoms with van der Waals surface area (Å²) in [6, 6.07) is 10.5. The summed E-state index contributed by atoms with van der Waals surface area (Å²) in [5.41, 5.74) is 1.02. The number of ether oxygens (including phenoxy) is 1. The van der Waals surface area contributed by atoms with Gasteiger partial charge in [0.25, 0.3) is 5.91 Å². The number of esters is 1. The van der Waals surface area contributed by atoms with Gasteiger partial charge < -0.3 is 10.1 Å². The van der Waals surface area contributed by atoms with Crippen molar-refractivity contribution in [2.75, 3.05) is 11.9 Å². The fourth-order valence-corrected chi connectivity index (χ4v) is 1.79. The average molecular weight is 322 g/mol. The zero-order valence-electron chi connectivity index (χ0n) is 11.7. The maximum Gasteiger partial charge on any atom is 0.338 e. The molecular weight excluding hydrogens is 309 g/mol. The minimum absolute atomic E-state index is 0.0578. The van der Waals surface area contributed by atoms with Gasteiger partial charge in [0, 0.05) is 10.7 Å². The van der Waals surface area contributed by atoms with Gasteiger partial charge in [-0.2, -0.15) is 0 Å². The molecule has 0 radical (unpaired) electrons. The van der Waals surface area contributed by atoms with Crippen molar-refractivity contribution >= 4 is 29.2 Å². The van der Waals surface area contributed by atoms with E-state index < -0.39 is 24.3 Å². The molecule has 2 rings (SSSR count). The van der Waals surface area contributed by atoms with Crippen LogP contribution >= 0.6 is 11.6 Å². The molecule has 0 aliphatic carbocycles. The van der Waals surface area contributed by atoms with Crippen LogP contribution in [0.2, 0.25) is 5.02 Å². The lowest BCUT2D eigenvalue weighted by Crippen LogP contribution is -2.21. The molecule has 6 heteroatoms. The molecule has 0 heterocycles. The molecule has 0 atom stereocenters. The Hall–Kier alpha value is -2.40. The van der Waals surface area contributed by atoms with E-state index in [2.05, 4.69) is 5.32 Å². The summed E-state index contributed by atoms with van der Waals surface area (Å²) in [6.45, 7) is 1.13. The average Bonchev–Trinajstić information content (AvgIpc) is 2.50. The third-order valence-electron chi connectivity index (χ3n) is 2.87. The SMILES string of the molecule is Cc1ccc(C(=O)OCC(=O)Nc2ccc(Cl)cc2)cc1F. The van der Waals surface area contributed by atoms with Crippen LogP contribution < -0.4 is 5.32 Å². The molecule has 114 valence electrons. The number of carbonyl (C=O) groups excluding carboxylic acids is 2. The molecule has 0 unspecified atom stereocenters. The summed E-state index contributed by atoms with van der Waals surface area (Å²) in [5.74, 6) is -1.76. The molecule has 0 saturated heterocycles. The molecule has 2 aromatic carbocycles. The zero-order chi connectivity index (χ0) is 16.1. The van der Waals surface area contributed by atoms with E-state index in [1.165, 1.54) is 12.1 Å². The molecule has 0 aliphatic rings. The highest BCUT2D eigenvalue weighted by atomic mass is 35.5. The normalized spacial score (nSPS) is 10.1. The van der Waals surface area contributed by atoms with Crippen molar-refractivity contribution < 1.29 is 18.7 Å². The Bertz CT molecular complexity index is 701. The molecule has 0 aliphatic heterocycles. The van der Waals surface area contributed by atoms with Crippen LogP contribution in [0.1, 0.15) is 15.9 Å². The van der Waals surface area contributed by atoms with Crippen LogP contribution in [0.5, 0.6) is 0 Å². The molecule has 0 fully saturated rings. The van der Waals surface area contributed by atoms with Crippen molar-refractivity contribution in [3.63, 3.8) is 0 Å². The number of benzene rings is 2. The molecule has 2 aromatic rings. The van der Waals surface area contributed by atoms with Gasteiger partial charge in [-0.25, -0.2) is 9.18 Å². The number of carbonyl (C=O) groups is 2. The summed E-state index contributed by atoms with van der Waals surface area (Å²) in [5, 5.41) is 3.09. The highest BCUT2D eigenvalue weighted by Crippen LogP contribution is 2.13. The van der Waals surface area contributed by atoms with Crippen molar-refractivity contribution in [1.82, 2.24) is 0 Å². The van der Waals surface area contributed by atoms with Crippen molar-refractivity contribution in [2.24, 2.45) is 0 Å². The Labute approximate surface area is 131 Å². The smallest absolute Gasteiger partial charge is 0.338 e. The fourth-order valence-electron chi connectivity index (χ4n) is 1.66. The van der Waals surface area contributed by atoms with Gasteiger partial charge in [-0.15, -0.1) is 0 Å². The largest absolute Gasteiger partial charge is 0.452 e. The molecule has 0 saturated carbocycles. The van der Waals surface area contributed by atoms with Gasteiger partial charge in [0.2, 0.25) is 0 Å². The van der Waals surface area contributed by atoms with E-state index in [9.17, 15) is 14.0 Å². The van der Waals surface area contributed by atoms with Gasteiger partial charge in [0.15, 0.2) is 6.61 Å². The number of nitrogens with one attached hydrogen (secondary N) is 1. The summed E-state index contributed by atoms with van der Waals surface area (Å²) >= 11 is 5.73. The molecule has 0 aromatic heterocycles. The summed E-state index contributed by atoms with van der Waals surface area (Å²) in [6.07, 6.45) is 0. The first-order chi connectivity index (χ1) is 10.5. The van der Waals surface area contributed by atoms with Crippen molar-refractivity contribution in [1.29, 1.82) is 0 Å². The second kappa shape index (κ2) is 7.04. The van der Waals surface area contributed by atoms with E-state index in [0.29, 0.717) is 16.3 Å². The molecule has 1 N–H and O–H groups in total. The Morgan fingerprint density at radius 1 is 1.18 bits per heavy atom. The summed E-state index contributed by atoms with van der Waals surface area (Å²) < 4.78 is 18.2. The van der Waals surface area contributed by atoms with E-state index in [0.717, 1.165) is 6.07 Å². The van der Waals surface area contributed by atoms with Crippen molar-refractivity contribution in [3.05, 3.63) is 64.4 Å². The van der Waals surface area contributed by atoms with Crippen LogP contribution in [0.25, 0.3) is 0 Å². The van der Waals surface area contributed by atoms with Gasteiger partial charge in [0.1, 0.15) is 5.82 Å². The number of anilines is 1. The standard InChI is InChI=1S/C16H13ClFNO3/c1-10-2-3-11(8-14(10)18)16(21)22-9-15(20)19-13-6-4-12(17)5-7-13/h2-8H,9H2,1H3,(H,19,20). The van der Waals surface area contributed by atoms with Crippen molar-refractivity contribution in [2.45, 2.75) is 6.92 Å². The second-order valence-corrected chi connectivity index (χ2v) is 5.03. The Morgan fingerprint density at radius 3 is 2.50 bits per heavy atom. The number of hydrogen-bond donors (Lipinski definition) is 1. The molecule has 0 spiro atoms. The van der Waals surface area contributed by atoms with Gasteiger partial charge in [0.05, 0.1) is 5.56 Å². The lowest BCUT2D eigenvalue weighted by molar-refractivity contribution is -0.119. The van der Waals surface area contributed by atoms with E-state index in [1.54, 1.807) is 31.2 Å². The Morgan fingerprint density at radius 2 is 1.86 bits per heavy atom. The maximum absolute atomic E-state index is 13.4. The van der Waals surface area contributed by atoms with Gasteiger partial charge >= 0.3 is 5.97 Å². The van der Waals surface area contributed by atoms with Crippen LogP contribution in [-0.2, 0) is 9.53 Å². The van der Waals surface area contributed by atoms with Gasteiger partial charge in [-0.05, 0) is 48.9 Å². The lowest BCUT2D eigenvalue weighted by Gasteiger charge is -2.07. The quantitative estimate of drug-likeness (QED) is 0.876. The number of hydrogen-bond acceptors (Lipinski definition) is 3. The van der Waals surface area contributed by atoms with E-state index in [-0.39, 0.29) is 5.56 Å². The molecule has 0 bridgehead atoms. The third kappa shape index (κ3) is 4.30. The number of rotatable bonds is 4. The monoisotopic (exact) mass is 321 g/mol. The first kappa shape index (κ1) is 16.0. The van der Waals surface area contributed by atoms with E-state index in [1.807, 2.05) is 0 Å². The molecule has 4 nitrogen and oxygen atoms in total. The Balaban J connectivity index is 1.88. The maximum atomic E-state index is 13.4. The third-order valence-corrected chi connectivity index (χ3v) is 3.12. The van der Waals surface area contributed by atoms with Crippen LogP contribution in [0, 0.1) is 12.7 Å². The van der Waals surface area contributed by atoms with Crippen LogP contribution in [0.3, 0.4) is 0 Å². The predicted octanol–water partition coefficient (Wildman–Crippen LogP) is 3.58. The van der Waals surface area contributed by atoms with E-state index in [4.69, 9.17) is 16.3 Å². The molecule has 22 heavy (non-hydrogen) atoms. The Kier molecular flexibility index (Phi) is 5.12. The molecular formula is C16H13ClFNO3. The van der Waals surface area contributed by atoms with Crippen molar-refractivity contribution in [3.8, 4) is 0 Å². The number of aryl methyl sites for hydroxylation is 1. The van der Waals surface area contributed by atoms with Gasteiger partial charge in [-0.1, -0.05) is 17.7 Å². The zero-order valence-corrected chi connectivity index (χ0v) is 12.5. The second-order valence-electron chi connectivity index (χ2n) is 4.60. The highest BCUT2D eigenvalue weighted by molar-refractivity contribution is 6.30. The first-order valence-corrected chi connectivity index (χ1v) is 6.82. The van der Waals surface area contributed by atoms with Crippen LogP contribution in [0.15, 0.2) is 42.5 Å². The van der Waals surface area contributed by atoms with Crippen LogP contribution in [-0.4, -0.2) is 18.5 Å². The summed E-state index contributed by atoms with van der Waals surface area (Å²) in [7, 11) is 0. The van der Waals surface area contributed by atoms with Gasteiger partial charge in [-0.3, -0.25) is 4.79 Å². The minimum Gasteiger partial charge on any atom is -0.452 e. The fraction of sp³-hybridized carbons (Fsp3) is 0.125. The van der Waals surface area contributed by atoms with Crippen LogP contribution in [0.4, 0.5) is 10.1 Å². The number of amides is 1. The topological polar surface area (TPSA) is 55.4 Å². The predicted molar refractivity (Wildman–Crippen MR) is 81.5 cm³/mol. The summed E-state index contributed by atoms with van der Waals surface area (Å²) in [4.78, 5) is 23.4. The van der Waals surface area contributed by atoms with E-state index >= 15 is 0 Å². The number of halogens is 2.